The number of carbonyl (C=O) groups excluding carboxylic acids is 1. The van der Waals surface area contributed by atoms with Crippen LogP contribution in [0.3, 0.4) is 0 Å². The zero-order valence-corrected chi connectivity index (χ0v) is 17.2. The number of nitrogens with zero attached hydrogens (tertiary/aromatic N) is 6. The fraction of sp³-hybridized carbons (Fsp3) is 0.261. The molecule has 0 aromatic carbocycles. The number of imidazole rings is 1. The minimum Gasteiger partial charge on any atom is -0.350 e. The third-order valence-corrected chi connectivity index (χ3v) is 5.99. The third kappa shape index (κ3) is 2.94. The largest absolute Gasteiger partial charge is 0.350 e. The molecule has 1 aliphatic carbocycles. The Morgan fingerprint density at radius 3 is 3.00 bits per heavy atom. The average Bonchev–Trinajstić information content (AvgIpc) is 3.45. The van der Waals surface area contributed by atoms with Gasteiger partial charge in [-0.05, 0) is 37.1 Å². The molecule has 2 aliphatic rings. The van der Waals surface area contributed by atoms with Crippen LogP contribution in [-0.4, -0.2) is 35.3 Å². The molecule has 6 rings (SSSR count). The van der Waals surface area contributed by atoms with Crippen LogP contribution in [0.15, 0.2) is 42.7 Å². The van der Waals surface area contributed by atoms with Crippen LogP contribution in [0.5, 0.6) is 0 Å². The minimum absolute atomic E-state index is 0.00537. The molecule has 0 radical (unpaired) electrons. The zero-order valence-electron chi connectivity index (χ0n) is 17.2. The Bertz CT molecular complexity index is 1380. The molecule has 8 heteroatoms. The Morgan fingerprint density at radius 2 is 2.06 bits per heavy atom. The molecule has 0 saturated carbocycles. The van der Waals surface area contributed by atoms with Crippen LogP contribution < -0.4 is 5.32 Å². The van der Waals surface area contributed by atoms with Gasteiger partial charge in [-0.1, -0.05) is 12.1 Å². The van der Waals surface area contributed by atoms with Gasteiger partial charge in [0.25, 0.3) is 0 Å². The Labute approximate surface area is 178 Å². The first kappa shape index (κ1) is 18.0. The normalized spacial score (nSPS) is 15.8. The molecule has 31 heavy (non-hydrogen) atoms. The molecule has 1 aliphatic heterocycles. The first-order valence-electron chi connectivity index (χ1n) is 10.5. The van der Waals surface area contributed by atoms with E-state index in [1.807, 2.05) is 40.4 Å². The van der Waals surface area contributed by atoms with Gasteiger partial charge in [0.2, 0.25) is 5.91 Å². The monoisotopic (exact) mass is 411 g/mol. The van der Waals surface area contributed by atoms with Crippen molar-refractivity contribution in [3.8, 4) is 11.4 Å². The van der Waals surface area contributed by atoms with E-state index in [1.54, 1.807) is 0 Å². The van der Waals surface area contributed by atoms with Crippen molar-refractivity contribution in [2.45, 2.75) is 39.3 Å². The lowest BCUT2D eigenvalue weighted by molar-refractivity contribution is -0.121. The average molecular weight is 411 g/mol. The number of hydrogen-bond acceptors (Lipinski definition) is 5. The van der Waals surface area contributed by atoms with Crippen LogP contribution >= 0.6 is 0 Å². The van der Waals surface area contributed by atoms with E-state index >= 15 is 0 Å². The summed E-state index contributed by atoms with van der Waals surface area (Å²) in [5, 5.41) is 16.8. The fourth-order valence-corrected chi connectivity index (χ4v) is 4.49. The number of amides is 1. The molecule has 154 valence electrons. The smallest absolute Gasteiger partial charge is 0.220 e. The summed E-state index contributed by atoms with van der Waals surface area (Å²) in [6.07, 6.45) is 8.18. The van der Waals surface area contributed by atoms with E-state index < -0.39 is 0 Å². The van der Waals surface area contributed by atoms with Gasteiger partial charge in [-0.25, -0.2) is 4.98 Å². The molecule has 0 saturated heterocycles. The third-order valence-electron chi connectivity index (χ3n) is 5.99. The van der Waals surface area contributed by atoms with Gasteiger partial charge in [-0.3, -0.25) is 13.9 Å². The topological polar surface area (TPSA) is 90.0 Å². The zero-order chi connectivity index (χ0) is 20.9. The SMILES string of the molecule is Cc1nn2cc1C1=CCc3nnc(cc31)-c1c(nc3ccccn13)CNC(=O)CCC2. The van der Waals surface area contributed by atoms with Crippen molar-refractivity contribution in [1.29, 1.82) is 0 Å². The second-order valence-corrected chi connectivity index (χ2v) is 8.02. The number of nitrogens with one attached hydrogen (secondary N) is 1. The summed E-state index contributed by atoms with van der Waals surface area (Å²) >= 11 is 0. The van der Waals surface area contributed by atoms with Crippen LogP contribution in [0.2, 0.25) is 0 Å². The van der Waals surface area contributed by atoms with Crippen LogP contribution in [0.1, 0.15) is 41.1 Å². The van der Waals surface area contributed by atoms with Gasteiger partial charge < -0.3 is 5.32 Å². The van der Waals surface area contributed by atoms with E-state index in [9.17, 15) is 4.79 Å². The van der Waals surface area contributed by atoms with Crippen molar-refractivity contribution in [3.63, 3.8) is 0 Å². The maximum absolute atomic E-state index is 12.4. The molecular formula is C23H21N7O. The second kappa shape index (κ2) is 6.87. The van der Waals surface area contributed by atoms with Crippen molar-refractivity contribution in [2.75, 3.05) is 0 Å². The van der Waals surface area contributed by atoms with Gasteiger partial charge in [0.05, 0.1) is 29.3 Å². The fourth-order valence-electron chi connectivity index (χ4n) is 4.49. The number of rotatable bonds is 0. The Hall–Kier alpha value is -3.81. The van der Waals surface area contributed by atoms with E-state index in [1.165, 1.54) is 0 Å². The molecular weight excluding hydrogens is 390 g/mol. The van der Waals surface area contributed by atoms with E-state index in [2.05, 4.69) is 39.0 Å². The summed E-state index contributed by atoms with van der Waals surface area (Å²) < 4.78 is 3.95. The summed E-state index contributed by atoms with van der Waals surface area (Å²) in [6, 6.07) is 7.97. The minimum atomic E-state index is 0.00537. The Kier molecular flexibility index (Phi) is 3.99. The van der Waals surface area contributed by atoms with Gasteiger partial charge in [-0.15, -0.1) is 5.10 Å². The molecule has 5 heterocycles. The molecule has 0 spiro atoms. The highest BCUT2D eigenvalue weighted by Crippen LogP contribution is 2.35. The molecule has 8 nitrogen and oxygen atoms in total. The van der Waals surface area contributed by atoms with E-state index in [-0.39, 0.29) is 5.91 Å². The standard InChI is InChI=1S/C23H21N7O/c1-14-17-13-29(28-14)9-4-6-22(31)24-12-20-23(30-10-3-2-5-21(30)25-20)19-11-16-15(17)7-8-18(16)26-27-19/h2-3,5,7,10-11,13H,4,6,8-9,12H2,1H3,(H,24,31). The molecule has 1 N–H and O–H groups in total. The summed E-state index contributed by atoms with van der Waals surface area (Å²) in [6.45, 7) is 3.08. The first-order chi connectivity index (χ1) is 15.2. The van der Waals surface area contributed by atoms with Gasteiger partial charge in [0, 0.05) is 42.9 Å². The Balaban J connectivity index is 1.57. The quantitative estimate of drug-likeness (QED) is 0.481. The van der Waals surface area contributed by atoms with Crippen molar-refractivity contribution in [2.24, 2.45) is 0 Å². The van der Waals surface area contributed by atoms with Gasteiger partial charge >= 0.3 is 0 Å². The molecule has 4 bridgehead atoms. The van der Waals surface area contributed by atoms with Crippen LogP contribution in [0.25, 0.3) is 22.6 Å². The maximum atomic E-state index is 12.4. The van der Waals surface area contributed by atoms with E-state index in [4.69, 9.17) is 4.98 Å². The number of aryl methyl sites for hydroxylation is 2. The van der Waals surface area contributed by atoms with Crippen molar-refractivity contribution >= 4 is 17.1 Å². The first-order valence-corrected chi connectivity index (χ1v) is 10.5. The number of fused-ring (bicyclic) bond motifs is 8. The van der Waals surface area contributed by atoms with Crippen LogP contribution in [0, 0.1) is 6.92 Å². The molecule has 4 aromatic heterocycles. The highest BCUT2D eigenvalue weighted by Gasteiger charge is 2.24. The maximum Gasteiger partial charge on any atom is 0.220 e. The number of pyridine rings is 1. The van der Waals surface area contributed by atoms with Crippen LogP contribution in [-0.2, 0) is 24.3 Å². The second-order valence-electron chi connectivity index (χ2n) is 8.02. The van der Waals surface area contributed by atoms with Gasteiger partial charge in [-0.2, -0.15) is 10.2 Å². The van der Waals surface area contributed by atoms with E-state index in [0.717, 1.165) is 63.7 Å². The molecule has 4 aromatic rings. The number of aromatic nitrogens is 6. The Morgan fingerprint density at radius 1 is 1.13 bits per heavy atom. The number of hydrogen-bond donors (Lipinski definition) is 1. The predicted octanol–water partition coefficient (Wildman–Crippen LogP) is 2.69. The highest BCUT2D eigenvalue weighted by atomic mass is 16.1. The summed E-state index contributed by atoms with van der Waals surface area (Å²) in [5.74, 6) is 0.00537. The molecule has 0 atom stereocenters. The predicted molar refractivity (Wildman–Crippen MR) is 115 cm³/mol. The lowest BCUT2D eigenvalue weighted by atomic mass is 10.0. The van der Waals surface area contributed by atoms with Gasteiger partial charge in [0.1, 0.15) is 11.3 Å². The molecule has 1 amide bonds. The molecule has 0 unspecified atom stereocenters. The van der Waals surface area contributed by atoms with E-state index in [0.29, 0.717) is 19.5 Å². The molecule has 0 fully saturated rings. The van der Waals surface area contributed by atoms with Crippen molar-refractivity contribution in [1.82, 2.24) is 34.7 Å². The summed E-state index contributed by atoms with van der Waals surface area (Å²) in [7, 11) is 0. The van der Waals surface area contributed by atoms with Crippen molar-refractivity contribution < 1.29 is 4.79 Å². The highest BCUT2D eigenvalue weighted by molar-refractivity contribution is 5.86. The lowest BCUT2D eigenvalue weighted by Gasteiger charge is -2.09. The number of carbonyl (C=O) groups is 1. The van der Waals surface area contributed by atoms with Gasteiger partial charge in [0.15, 0.2) is 0 Å². The summed E-state index contributed by atoms with van der Waals surface area (Å²) in [5.41, 5.74) is 8.50. The van der Waals surface area contributed by atoms with Crippen molar-refractivity contribution in [3.05, 3.63) is 70.9 Å². The lowest BCUT2D eigenvalue weighted by Crippen LogP contribution is -2.23. The van der Waals surface area contributed by atoms with Crippen LogP contribution in [0.4, 0.5) is 0 Å². The summed E-state index contributed by atoms with van der Waals surface area (Å²) in [4.78, 5) is 17.2. The number of allylic oxidation sites excluding steroid dienone is 1.